The van der Waals surface area contributed by atoms with Crippen LogP contribution in [-0.4, -0.2) is 28.7 Å². The molecule has 0 unspecified atom stereocenters. The van der Waals surface area contributed by atoms with E-state index in [1.165, 1.54) is 11.1 Å². The van der Waals surface area contributed by atoms with Crippen molar-refractivity contribution < 1.29 is 14.3 Å². The van der Waals surface area contributed by atoms with E-state index in [1.54, 1.807) is 0 Å². The van der Waals surface area contributed by atoms with Gasteiger partial charge in [0.25, 0.3) is 5.91 Å². The summed E-state index contributed by atoms with van der Waals surface area (Å²) in [6, 6.07) is 20.1. The number of hydrogen-bond acceptors (Lipinski definition) is 4. The molecule has 6 heteroatoms. The van der Waals surface area contributed by atoms with Crippen molar-refractivity contribution in [2.75, 3.05) is 13.2 Å². The molecule has 0 bridgehead atoms. The van der Waals surface area contributed by atoms with E-state index in [0.29, 0.717) is 13.2 Å². The second-order valence-corrected chi connectivity index (χ2v) is 8.90. The van der Waals surface area contributed by atoms with Crippen LogP contribution in [0, 0.1) is 27.7 Å². The predicted molar refractivity (Wildman–Crippen MR) is 139 cm³/mol. The number of aryl methyl sites for hydroxylation is 4. The third-order valence-electron chi connectivity index (χ3n) is 6.22. The molecule has 0 aliphatic rings. The van der Waals surface area contributed by atoms with Crippen LogP contribution in [-0.2, 0) is 17.9 Å². The average Bonchev–Trinajstić information content (AvgIpc) is 3.21. The number of benzene rings is 3. The number of fused-ring (bicyclic) bond motifs is 1. The molecule has 1 amide bonds. The summed E-state index contributed by atoms with van der Waals surface area (Å²) >= 11 is 0. The Bertz CT molecular complexity index is 1330. The van der Waals surface area contributed by atoms with Gasteiger partial charge in [-0.25, -0.2) is 4.98 Å². The zero-order valence-electron chi connectivity index (χ0n) is 20.9. The summed E-state index contributed by atoms with van der Waals surface area (Å²) in [5.41, 5.74) is 6.47. The Kier molecular flexibility index (Phi) is 7.70. The molecule has 1 heterocycles. The van der Waals surface area contributed by atoms with Crippen LogP contribution >= 0.6 is 0 Å². The lowest BCUT2D eigenvalue weighted by atomic mass is 10.1. The molecule has 3 aromatic carbocycles. The number of amides is 1. The van der Waals surface area contributed by atoms with Crippen molar-refractivity contribution in [2.24, 2.45) is 0 Å². The number of rotatable bonds is 10. The van der Waals surface area contributed by atoms with Gasteiger partial charge in [-0.2, -0.15) is 0 Å². The maximum Gasteiger partial charge on any atom is 0.258 e. The lowest BCUT2D eigenvalue weighted by Crippen LogP contribution is -2.29. The number of imidazole rings is 1. The van der Waals surface area contributed by atoms with Crippen molar-refractivity contribution in [3.05, 3.63) is 88.7 Å². The van der Waals surface area contributed by atoms with E-state index in [1.807, 2.05) is 62.4 Å². The fraction of sp³-hybridized carbons (Fsp3) is 0.310. The molecule has 0 atom stereocenters. The maximum absolute atomic E-state index is 12.5. The molecule has 0 fully saturated rings. The number of aromatic nitrogens is 2. The van der Waals surface area contributed by atoms with Gasteiger partial charge in [-0.3, -0.25) is 4.79 Å². The summed E-state index contributed by atoms with van der Waals surface area (Å²) in [7, 11) is 0. The van der Waals surface area contributed by atoms with Crippen LogP contribution < -0.4 is 14.8 Å². The highest BCUT2D eigenvalue weighted by atomic mass is 16.5. The standard InChI is InChI=1S/C29H33N3O3/c1-20-13-14-22(3)27(17-20)35-19-29(33)30-18-28-31-24-10-5-6-11-25(24)32(28)15-8-16-34-26-12-7-9-21(2)23(26)4/h5-7,9-14,17H,8,15-16,18-19H2,1-4H3,(H,30,33). The van der Waals surface area contributed by atoms with Gasteiger partial charge in [-0.05, 0) is 80.6 Å². The van der Waals surface area contributed by atoms with Gasteiger partial charge in [0.15, 0.2) is 6.61 Å². The predicted octanol–water partition coefficient (Wildman–Crippen LogP) is 5.43. The van der Waals surface area contributed by atoms with Crippen molar-refractivity contribution >= 4 is 16.9 Å². The first-order valence-electron chi connectivity index (χ1n) is 12.0. The smallest absolute Gasteiger partial charge is 0.258 e. The SMILES string of the molecule is Cc1ccc(C)c(OCC(=O)NCc2nc3ccccc3n2CCCOc2cccc(C)c2C)c1. The molecule has 0 saturated heterocycles. The number of hydrogen-bond donors (Lipinski definition) is 1. The molecule has 4 aromatic rings. The third kappa shape index (κ3) is 6.01. The van der Waals surface area contributed by atoms with Gasteiger partial charge in [0, 0.05) is 6.54 Å². The summed E-state index contributed by atoms with van der Waals surface area (Å²) in [5, 5.41) is 2.96. The zero-order valence-corrected chi connectivity index (χ0v) is 20.9. The minimum absolute atomic E-state index is 0.0335. The van der Waals surface area contributed by atoms with Gasteiger partial charge in [0.1, 0.15) is 17.3 Å². The largest absolute Gasteiger partial charge is 0.493 e. The van der Waals surface area contributed by atoms with E-state index in [0.717, 1.165) is 52.4 Å². The van der Waals surface area contributed by atoms with Gasteiger partial charge < -0.3 is 19.4 Å². The quantitative estimate of drug-likeness (QED) is 0.313. The fourth-order valence-electron chi connectivity index (χ4n) is 4.03. The molecule has 0 aliphatic carbocycles. The van der Waals surface area contributed by atoms with E-state index in [2.05, 4.69) is 35.9 Å². The summed E-state index contributed by atoms with van der Waals surface area (Å²) in [6.07, 6.45) is 0.824. The highest BCUT2D eigenvalue weighted by Crippen LogP contribution is 2.22. The number of carbonyl (C=O) groups is 1. The zero-order chi connectivity index (χ0) is 24.8. The first-order valence-corrected chi connectivity index (χ1v) is 12.0. The molecule has 0 spiro atoms. The van der Waals surface area contributed by atoms with Crippen LogP contribution in [0.4, 0.5) is 0 Å². The van der Waals surface area contributed by atoms with Crippen LogP contribution in [0.3, 0.4) is 0 Å². The number of carbonyl (C=O) groups excluding carboxylic acids is 1. The van der Waals surface area contributed by atoms with Crippen molar-refractivity contribution in [3.8, 4) is 11.5 Å². The van der Waals surface area contributed by atoms with Gasteiger partial charge in [0.05, 0.1) is 24.2 Å². The Morgan fingerprint density at radius 2 is 1.74 bits per heavy atom. The average molecular weight is 472 g/mol. The first kappa shape index (κ1) is 24.3. The maximum atomic E-state index is 12.5. The Balaban J connectivity index is 1.36. The highest BCUT2D eigenvalue weighted by Gasteiger charge is 2.13. The Hall–Kier alpha value is -3.80. The number of nitrogens with zero attached hydrogens (tertiary/aromatic N) is 2. The fourth-order valence-corrected chi connectivity index (χ4v) is 4.03. The molecule has 0 aliphatic heterocycles. The Morgan fingerprint density at radius 1 is 0.914 bits per heavy atom. The lowest BCUT2D eigenvalue weighted by Gasteiger charge is -2.13. The Morgan fingerprint density at radius 3 is 2.60 bits per heavy atom. The number of para-hydroxylation sites is 2. The summed E-state index contributed by atoms with van der Waals surface area (Å²) in [5.74, 6) is 2.30. The second kappa shape index (κ2) is 11.1. The monoisotopic (exact) mass is 471 g/mol. The van der Waals surface area contributed by atoms with E-state index >= 15 is 0 Å². The van der Waals surface area contributed by atoms with Gasteiger partial charge >= 0.3 is 0 Å². The lowest BCUT2D eigenvalue weighted by molar-refractivity contribution is -0.123. The van der Waals surface area contributed by atoms with Crippen LogP contribution in [0.1, 0.15) is 34.5 Å². The van der Waals surface area contributed by atoms with E-state index in [4.69, 9.17) is 14.5 Å². The van der Waals surface area contributed by atoms with Gasteiger partial charge in [-0.1, -0.05) is 36.4 Å². The van der Waals surface area contributed by atoms with Crippen molar-refractivity contribution in [2.45, 2.75) is 47.2 Å². The molecular weight excluding hydrogens is 438 g/mol. The summed E-state index contributed by atoms with van der Waals surface area (Å²) in [4.78, 5) is 17.3. The van der Waals surface area contributed by atoms with Crippen LogP contribution in [0.15, 0.2) is 60.7 Å². The van der Waals surface area contributed by atoms with Gasteiger partial charge in [0.2, 0.25) is 0 Å². The molecule has 0 radical (unpaired) electrons. The molecule has 4 rings (SSSR count). The molecule has 1 aromatic heterocycles. The summed E-state index contributed by atoms with van der Waals surface area (Å²) in [6.45, 7) is 9.80. The summed E-state index contributed by atoms with van der Waals surface area (Å²) < 4.78 is 13.9. The molecule has 6 nitrogen and oxygen atoms in total. The van der Waals surface area contributed by atoms with Crippen LogP contribution in [0.25, 0.3) is 11.0 Å². The minimum atomic E-state index is -0.178. The van der Waals surface area contributed by atoms with Crippen molar-refractivity contribution in [1.82, 2.24) is 14.9 Å². The molecule has 182 valence electrons. The van der Waals surface area contributed by atoms with Crippen molar-refractivity contribution in [3.63, 3.8) is 0 Å². The molecular formula is C29H33N3O3. The van der Waals surface area contributed by atoms with Gasteiger partial charge in [-0.15, -0.1) is 0 Å². The first-order chi connectivity index (χ1) is 16.9. The molecule has 35 heavy (non-hydrogen) atoms. The highest BCUT2D eigenvalue weighted by molar-refractivity contribution is 5.78. The second-order valence-electron chi connectivity index (χ2n) is 8.90. The molecule has 0 saturated carbocycles. The molecule has 1 N–H and O–H groups in total. The van der Waals surface area contributed by atoms with Crippen LogP contribution in [0.2, 0.25) is 0 Å². The van der Waals surface area contributed by atoms with E-state index in [9.17, 15) is 4.79 Å². The van der Waals surface area contributed by atoms with E-state index < -0.39 is 0 Å². The third-order valence-corrected chi connectivity index (χ3v) is 6.22. The normalized spacial score (nSPS) is 11.0. The topological polar surface area (TPSA) is 65.4 Å². The number of nitrogens with one attached hydrogen (secondary N) is 1. The minimum Gasteiger partial charge on any atom is -0.493 e. The van der Waals surface area contributed by atoms with E-state index in [-0.39, 0.29) is 12.5 Å². The number of ether oxygens (including phenoxy) is 2. The Labute approximate surface area is 206 Å². The van der Waals surface area contributed by atoms with Crippen LogP contribution in [0.5, 0.6) is 11.5 Å². The van der Waals surface area contributed by atoms with Crippen molar-refractivity contribution in [1.29, 1.82) is 0 Å².